The summed E-state index contributed by atoms with van der Waals surface area (Å²) < 4.78 is 10.5. The molecule has 80 valence electrons. The van der Waals surface area contributed by atoms with Crippen molar-refractivity contribution in [3.63, 3.8) is 0 Å². The molecule has 2 aromatic rings. The van der Waals surface area contributed by atoms with Crippen LogP contribution < -0.4 is 4.74 Å². The van der Waals surface area contributed by atoms with E-state index in [1.165, 1.54) is 11.3 Å². The standard InChI is InChI=1S/C9H9ClN2O2S/c1-5(10)8-11-12-9(14-8)7-3-6(13-2)4-15-7/h3-5H,1-2H3. The Morgan fingerprint density at radius 3 is 2.87 bits per heavy atom. The molecule has 2 heterocycles. The van der Waals surface area contributed by atoms with Crippen molar-refractivity contribution < 1.29 is 9.15 Å². The van der Waals surface area contributed by atoms with Crippen molar-refractivity contribution in [3.8, 4) is 16.5 Å². The van der Waals surface area contributed by atoms with Crippen molar-refractivity contribution in [3.05, 3.63) is 17.3 Å². The van der Waals surface area contributed by atoms with Crippen molar-refractivity contribution in [1.29, 1.82) is 0 Å². The highest BCUT2D eigenvalue weighted by Crippen LogP contribution is 2.31. The monoisotopic (exact) mass is 244 g/mol. The normalized spacial score (nSPS) is 12.7. The highest BCUT2D eigenvalue weighted by Gasteiger charge is 2.14. The minimum Gasteiger partial charge on any atom is -0.496 e. The molecule has 0 saturated heterocycles. The van der Waals surface area contributed by atoms with Crippen LogP contribution in [-0.2, 0) is 0 Å². The van der Waals surface area contributed by atoms with E-state index in [9.17, 15) is 0 Å². The SMILES string of the molecule is COc1csc(-c2nnc(C(C)Cl)o2)c1. The number of rotatable bonds is 3. The molecule has 0 aromatic carbocycles. The van der Waals surface area contributed by atoms with Crippen LogP contribution in [0, 0.1) is 0 Å². The largest absolute Gasteiger partial charge is 0.496 e. The summed E-state index contributed by atoms with van der Waals surface area (Å²) in [4.78, 5) is 0.878. The lowest BCUT2D eigenvalue weighted by molar-refractivity contribution is 0.416. The first-order valence-corrected chi connectivity index (χ1v) is 5.62. The summed E-state index contributed by atoms with van der Waals surface area (Å²) in [6.07, 6.45) is 0. The third-order valence-corrected chi connectivity index (χ3v) is 2.89. The van der Waals surface area contributed by atoms with E-state index in [2.05, 4.69) is 10.2 Å². The van der Waals surface area contributed by atoms with E-state index >= 15 is 0 Å². The summed E-state index contributed by atoms with van der Waals surface area (Å²) >= 11 is 7.31. The number of alkyl halides is 1. The lowest BCUT2D eigenvalue weighted by Gasteiger charge is -1.91. The smallest absolute Gasteiger partial charge is 0.257 e. The van der Waals surface area contributed by atoms with Gasteiger partial charge in [0.15, 0.2) is 0 Å². The van der Waals surface area contributed by atoms with Crippen LogP contribution in [0.3, 0.4) is 0 Å². The fraction of sp³-hybridized carbons (Fsp3) is 0.333. The molecule has 1 atom stereocenters. The Balaban J connectivity index is 2.28. The van der Waals surface area contributed by atoms with Crippen LogP contribution in [0.1, 0.15) is 18.2 Å². The van der Waals surface area contributed by atoms with Gasteiger partial charge in [-0.3, -0.25) is 0 Å². The van der Waals surface area contributed by atoms with E-state index in [-0.39, 0.29) is 5.38 Å². The van der Waals surface area contributed by atoms with Gasteiger partial charge in [-0.2, -0.15) is 0 Å². The fourth-order valence-corrected chi connectivity index (χ4v) is 1.90. The second-order valence-electron chi connectivity index (χ2n) is 2.91. The van der Waals surface area contributed by atoms with Gasteiger partial charge in [-0.05, 0) is 6.92 Å². The molecule has 15 heavy (non-hydrogen) atoms. The van der Waals surface area contributed by atoms with Gasteiger partial charge in [0.1, 0.15) is 11.1 Å². The zero-order valence-corrected chi connectivity index (χ0v) is 9.80. The molecule has 0 saturated carbocycles. The predicted octanol–water partition coefficient (Wildman–Crippen LogP) is 3.11. The van der Waals surface area contributed by atoms with Crippen molar-refractivity contribution in [1.82, 2.24) is 10.2 Å². The van der Waals surface area contributed by atoms with Crippen LogP contribution in [0.2, 0.25) is 0 Å². The summed E-state index contributed by atoms with van der Waals surface area (Å²) in [7, 11) is 1.62. The number of halogens is 1. The quantitative estimate of drug-likeness (QED) is 0.779. The second kappa shape index (κ2) is 4.20. The van der Waals surface area contributed by atoms with Gasteiger partial charge < -0.3 is 9.15 Å². The van der Waals surface area contributed by atoms with E-state index < -0.39 is 0 Å². The molecule has 0 bridgehead atoms. The number of ether oxygens (including phenoxy) is 1. The second-order valence-corrected chi connectivity index (χ2v) is 4.48. The molecule has 0 N–H and O–H groups in total. The van der Waals surface area contributed by atoms with Gasteiger partial charge in [0, 0.05) is 11.4 Å². The zero-order valence-electron chi connectivity index (χ0n) is 8.23. The van der Waals surface area contributed by atoms with Gasteiger partial charge in [0.25, 0.3) is 5.89 Å². The van der Waals surface area contributed by atoms with E-state index in [1.807, 2.05) is 11.4 Å². The summed E-state index contributed by atoms with van der Waals surface area (Å²) in [5, 5.41) is 9.36. The first-order valence-electron chi connectivity index (χ1n) is 4.31. The summed E-state index contributed by atoms with van der Waals surface area (Å²) in [5.74, 6) is 1.69. The Bertz CT molecular complexity index is 452. The fourth-order valence-electron chi connectivity index (χ4n) is 1.03. The summed E-state index contributed by atoms with van der Waals surface area (Å²) in [6, 6.07) is 1.85. The van der Waals surface area contributed by atoms with Gasteiger partial charge in [0.05, 0.1) is 12.0 Å². The van der Waals surface area contributed by atoms with Crippen LogP contribution in [0.25, 0.3) is 10.8 Å². The third kappa shape index (κ3) is 2.13. The molecule has 2 rings (SSSR count). The summed E-state index contributed by atoms with van der Waals surface area (Å²) in [5.41, 5.74) is 0. The molecule has 0 aliphatic carbocycles. The number of aromatic nitrogens is 2. The first kappa shape index (κ1) is 10.4. The van der Waals surface area contributed by atoms with Gasteiger partial charge in [-0.1, -0.05) is 0 Å². The van der Waals surface area contributed by atoms with E-state index in [0.717, 1.165) is 10.6 Å². The van der Waals surface area contributed by atoms with Crippen LogP contribution >= 0.6 is 22.9 Å². The van der Waals surface area contributed by atoms with Crippen molar-refractivity contribution >= 4 is 22.9 Å². The topological polar surface area (TPSA) is 48.2 Å². The molecule has 6 heteroatoms. The maximum absolute atomic E-state index is 5.82. The van der Waals surface area contributed by atoms with Gasteiger partial charge >= 0.3 is 0 Å². The predicted molar refractivity (Wildman–Crippen MR) is 58.4 cm³/mol. The minimum absolute atomic E-state index is 0.270. The Kier molecular flexibility index (Phi) is 2.93. The molecule has 0 amide bonds. The maximum Gasteiger partial charge on any atom is 0.257 e. The van der Waals surface area contributed by atoms with Crippen LogP contribution in [0.4, 0.5) is 0 Å². The minimum atomic E-state index is -0.270. The van der Waals surface area contributed by atoms with Crippen LogP contribution in [0.5, 0.6) is 5.75 Å². The molecule has 0 aliphatic heterocycles. The highest BCUT2D eigenvalue weighted by atomic mass is 35.5. The zero-order chi connectivity index (χ0) is 10.8. The number of hydrogen-bond acceptors (Lipinski definition) is 5. The third-order valence-electron chi connectivity index (χ3n) is 1.80. The summed E-state index contributed by atoms with van der Waals surface area (Å²) in [6.45, 7) is 1.79. The van der Waals surface area contributed by atoms with Gasteiger partial charge in [-0.15, -0.1) is 33.1 Å². The molecule has 0 aliphatic rings. The molecule has 2 aromatic heterocycles. The van der Waals surface area contributed by atoms with Crippen LogP contribution in [0.15, 0.2) is 15.9 Å². The molecular weight excluding hydrogens is 236 g/mol. The van der Waals surface area contributed by atoms with E-state index in [1.54, 1.807) is 14.0 Å². The highest BCUT2D eigenvalue weighted by molar-refractivity contribution is 7.13. The van der Waals surface area contributed by atoms with Crippen LogP contribution in [-0.4, -0.2) is 17.3 Å². The Morgan fingerprint density at radius 1 is 1.53 bits per heavy atom. The molecule has 0 fully saturated rings. The van der Waals surface area contributed by atoms with Crippen molar-refractivity contribution in [2.75, 3.05) is 7.11 Å². The van der Waals surface area contributed by atoms with Gasteiger partial charge in [0.2, 0.25) is 5.89 Å². The van der Waals surface area contributed by atoms with E-state index in [4.69, 9.17) is 20.8 Å². The van der Waals surface area contributed by atoms with Gasteiger partial charge in [-0.25, -0.2) is 0 Å². The molecule has 1 unspecified atom stereocenters. The lowest BCUT2D eigenvalue weighted by atomic mass is 10.4. The Hall–Kier alpha value is -1.07. The molecule has 4 nitrogen and oxygen atoms in total. The molecule has 0 spiro atoms. The average molecular weight is 245 g/mol. The lowest BCUT2D eigenvalue weighted by Crippen LogP contribution is -1.81. The first-order chi connectivity index (χ1) is 7.20. The number of methoxy groups -OCH3 is 1. The Labute approximate surface area is 95.8 Å². The number of nitrogens with zero attached hydrogens (tertiary/aromatic N) is 2. The maximum atomic E-state index is 5.82. The van der Waals surface area contributed by atoms with Crippen molar-refractivity contribution in [2.45, 2.75) is 12.3 Å². The Morgan fingerprint density at radius 2 is 2.33 bits per heavy atom. The van der Waals surface area contributed by atoms with E-state index in [0.29, 0.717) is 11.8 Å². The van der Waals surface area contributed by atoms with Crippen molar-refractivity contribution in [2.24, 2.45) is 0 Å². The average Bonchev–Trinajstić information content (AvgIpc) is 2.86. The number of hydrogen-bond donors (Lipinski definition) is 0. The number of thiophene rings is 1. The molecule has 0 radical (unpaired) electrons. The molecular formula is C9H9ClN2O2S.